The summed E-state index contributed by atoms with van der Waals surface area (Å²) < 4.78 is 6.26. The highest BCUT2D eigenvalue weighted by Crippen LogP contribution is 2.26. The molecule has 0 saturated heterocycles. The lowest BCUT2D eigenvalue weighted by Crippen LogP contribution is -2.32. The van der Waals surface area contributed by atoms with E-state index in [1.165, 1.54) is 0 Å². The monoisotopic (exact) mass is 328 g/mol. The first-order valence-electron chi connectivity index (χ1n) is 6.09. The Kier molecular flexibility index (Phi) is 5.54. The molecule has 5 heteroatoms. The van der Waals surface area contributed by atoms with E-state index in [4.69, 9.17) is 9.84 Å². The Labute approximate surface area is 120 Å². The maximum Gasteiger partial charge on any atom is 0.345 e. The molecule has 0 heterocycles. The van der Waals surface area contributed by atoms with E-state index < -0.39 is 12.1 Å². The Morgan fingerprint density at radius 3 is 2.47 bits per heavy atom. The summed E-state index contributed by atoms with van der Waals surface area (Å²) in [6.07, 6.45) is -0.628. The van der Waals surface area contributed by atoms with Crippen LogP contribution in [0.3, 0.4) is 0 Å². The number of aliphatic carboxylic acids is 1. The van der Waals surface area contributed by atoms with Gasteiger partial charge in [0.2, 0.25) is 0 Å². The van der Waals surface area contributed by atoms with E-state index in [2.05, 4.69) is 15.9 Å². The van der Waals surface area contributed by atoms with Crippen molar-refractivity contribution in [3.8, 4) is 5.75 Å². The third-order valence-electron chi connectivity index (χ3n) is 2.67. The molecule has 0 aliphatic rings. The van der Waals surface area contributed by atoms with Crippen LogP contribution >= 0.6 is 15.9 Å². The van der Waals surface area contributed by atoms with Crippen molar-refractivity contribution in [1.29, 1.82) is 0 Å². The van der Waals surface area contributed by atoms with Crippen molar-refractivity contribution < 1.29 is 19.4 Å². The average molecular weight is 329 g/mol. The number of carboxylic acids is 1. The number of rotatable bonds is 6. The lowest BCUT2D eigenvalue weighted by molar-refractivity contribution is -0.147. The van der Waals surface area contributed by atoms with Crippen LogP contribution in [0.2, 0.25) is 0 Å². The molecule has 1 atom stereocenters. The molecule has 0 aliphatic heterocycles. The molecule has 4 nitrogen and oxygen atoms in total. The molecule has 0 spiro atoms. The van der Waals surface area contributed by atoms with Crippen LogP contribution in [-0.4, -0.2) is 23.0 Å². The normalized spacial score (nSPS) is 12.3. The summed E-state index contributed by atoms with van der Waals surface area (Å²) in [7, 11) is 0. The number of Topliss-reactive ketones (excluding diaryl/α,β-unsaturated/α-hetero) is 1. The molecule has 0 amide bonds. The number of carboxylic acid groups (broad SMARTS) is 1. The van der Waals surface area contributed by atoms with Crippen LogP contribution in [-0.2, 0) is 4.79 Å². The van der Waals surface area contributed by atoms with Gasteiger partial charge in [-0.15, -0.1) is 0 Å². The second-order valence-corrected chi connectivity index (χ2v) is 5.45. The van der Waals surface area contributed by atoms with Crippen LogP contribution < -0.4 is 4.74 Å². The van der Waals surface area contributed by atoms with Crippen molar-refractivity contribution in [2.75, 3.05) is 0 Å². The highest BCUT2D eigenvalue weighted by molar-refractivity contribution is 9.10. The molecule has 0 aromatic heterocycles. The van der Waals surface area contributed by atoms with Gasteiger partial charge in [-0.05, 0) is 18.2 Å². The van der Waals surface area contributed by atoms with Crippen molar-refractivity contribution in [3.63, 3.8) is 0 Å². The van der Waals surface area contributed by atoms with Gasteiger partial charge in [-0.3, -0.25) is 4.79 Å². The number of hydrogen-bond acceptors (Lipinski definition) is 3. The Morgan fingerprint density at radius 2 is 2.00 bits per heavy atom. The second kappa shape index (κ2) is 6.70. The largest absolute Gasteiger partial charge is 0.478 e. The Balaban J connectivity index is 3.12. The van der Waals surface area contributed by atoms with E-state index in [9.17, 15) is 9.59 Å². The summed E-state index contributed by atoms with van der Waals surface area (Å²) in [5.41, 5.74) is 0.406. The molecule has 104 valence electrons. The average Bonchev–Trinajstić information content (AvgIpc) is 2.35. The molecule has 0 fully saturated rings. The number of benzene rings is 1. The molecule has 0 bridgehead atoms. The van der Waals surface area contributed by atoms with Crippen LogP contribution in [0.1, 0.15) is 37.6 Å². The fourth-order valence-corrected chi connectivity index (χ4v) is 1.98. The van der Waals surface area contributed by atoms with Gasteiger partial charge in [0.25, 0.3) is 0 Å². The summed E-state index contributed by atoms with van der Waals surface area (Å²) in [5, 5.41) is 9.13. The molecule has 1 rings (SSSR count). The summed E-state index contributed by atoms with van der Waals surface area (Å²) in [6, 6.07) is 4.99. The molecule has 0 unspecified atom stereocenters. The van der Waals surface area contributed by atoms with Gasteiger partial charge in [0.15, 0.2) is 11.9 Å². The smallest absolute Gasteiger partial charge is 0.345 e. The summed E-state index contributed by atoms with van der Waals surface area (Å²) in [6.45, 7) is 5.28. The quantitative estimate of drug-likeness (QED) is 0.811. The fraction of sp³-hybridized carbons (Fsp3) is 0.429. The summed E-state index contributed by atoms with van der Waals surface area (Å²) in [5.74, 6) is -0.987. The zero-order valence-corrected chi connectivity index (χ0v) is 12.7. The van der Waals surface area contributed by atoms with Gasteiger partial charge in [0.05, 0.1) is 5.56 Å². The second-order valence-electron chi connectivity index (χ2n) is 4.54. The summed E-state index contributed by atoms with van der Waals surface area (Å²) in [4.78, 5) is 23.0. The minimum absolute atomic E-state index is 0.0794. The van der Waals surface area contributed by atoms with E-state index >= 15 is 0 Å². The fourth-order valence-electron chi connectivity index (χ4n) is 1.62. The first-order valence-corrected chi connectivity index (χ1v) is 6.88. The molecule has 1 N–H and O–H groups in total. The van der Waals surface area contributed by atoms with Crippen molar-refractivity contribution in [2.45, 2.75) is 33.3 Å². The van der Waals surface area contributed by atoms with Crippen LogP contribution in [0.15, 0.2) is 22.7 Å². The number of hydrogen-bond donors (Lipinski definition) is 1. The maximum atomic E-state index is 11.9. The van der Waals surface area contributed by atoms with Crippen molar-refractivity contribution >= 4 is 27.7 Å². The highest BCUT2D eigenvalue weighted by atomic mass is 79.9. The van der Waals surface area contributed by atoms with Gasteiger partial charge in [-0.2, -0.15) is 0 Å². The number of carbonyl (C=O) groups excluding carboxylic acids is 1. The van der Waals surface area contributed by atoms with E-state index in [-0.39, 0.29) is 11.7 Å². The SMILES string of the molecule is CCC(=O)c1cc(Br)ccc1O[C@H](C(=O)O)C(C)C. The Morgan fingerprint density at radius 1 is 1.37 bits per heavy atom. The predicted octanol–water partition coefficient (Wildman–Crippen LogP) is 3.53. The van der Waals surface area contributed by atoms with E-state index in [0.717, 1.165) is 4.47 Å². The first-order chi connectivity index (χ1) is 8.86. The third-order valence-corrected chi connectivity index (χ3v) is 3.16. The lowest BCUT2D eigenvalue weighted by Gasteiger charge is -2.20. The third kappa shape index (κ3) is 4.06. The van der Waals surface area contributed by atoms with E-state index in [1.54, 1.807) is 39.0 Å². The molecule has 0 saturated carbocycles. The highest BCUT2D eigenvalue weighted by Gasteiger charge is 2.25. The molecule has 1 aromatic rings. The molecule has 0 radical (unpaired) electrons. The van der Waals surface area contributed by atoms with Crippen LogP contribution in [0.5, 0.6) is 5.75 Å². The number of ketones is 1. The van der Waals surface area contributed by atoms with Gasteiger partial charge in [0.1, 0.15) is 5.75 Å². The summed E-state index contributed by atoms with van der Waals surface area (Å²) >= 11 is 3.29. The van der Waals surface area contributed by atoms with E-state index in [0.29, 0.717) is 17.7 Å². The van der Waals surface area contributed by atoms with Crippen LogP contribution in [0.4, 0.5) is 0 Å². The van der Waals surface area contributed by atoms with E-state index in [1.807, 2.05) is 0 Å². The Hall–Kier alpha value is -1.36. The van der Waals surface area contributed by atoms with Gasteiger partial charge in [0, 0.05) is 16.8 Å². The number of carbonyl (C=O) groups is 2. The van der Waals surface area contributed by atoms with Gasteiger partial charge >= 0.3 is 5.97 Å². The van der Waals surface area contributed by atoms with Crippen LogP contribution in [0.25, 0.3) is 0 Å². The molecule has 0 aliphatic carbocycles. The van der Waals surface area contributed by atoms with Crippen molar-refractivity contribution in [2.24, 2.45) is 5.92 Å². The molecular formula is C14H17BrO4. The topological polar surface area (TPSA) is 63.6 Å². The van der Waals surface area contributed by atoms with Gasteiger partial charge in [-0.1, -0.05) is 36.7 Å². The van der Waals surface area contributed by atoms with Crippen LogP contribution in [0, 0.1) is 5.92 Å². The van der Waals surface area contributed by atoms with Gasteiger partial charge < -0.3 is 9.84 Å². The van der Waals surface area contributed by atoms with Gasteiger partial charge in [-0.25, -0.2) is 4.79 Å². The maximum absolute atomic E-state index is 11.9. The molecular weight excluding hydrogens is 312 g/mol. The molecule has 19 heavy (non-hydrogen) atoms. The zero-order chi connectivity index (χ0) is 14.6. The standard InChI is InChI=1S/C14H17BrO4/c1-4-11(16)10-7-9(15)5-6-12(10)19-13(8(2)3)14(17)18/h5-8,13H,4H2,1-3H3,(H,17,18)/t13-/m0/s1. The Bertz CT molecular complexity index is 482. The van der Waals surface area contributed by atoms with Crippen molar-refractivity contribution in [3.05, 3.63) is 28.2 Å². The predicted molar refractivity (Wildman–Crippen MR) is 75.7 cm³/mol. The minimum Gasteiger partial charge on any atom is -0.478 e. The molecule has 1 aromatic carbocycles. The van der Waals surface area contributed by atoms with Crippen molar-refractivity contribution in [1.82, 2.24) is 0 Å². The minimum atomic E-state index is -1.03. The zero-order valence-electron chi connectivity index (χ0n) is 11.1. The lowest BCUT2D eigenvalue weighted by atomic mass is 10.1. The number of ether oxygens (including phenoxy) is 1. The first kappa shape index (κ1) is 15.7. The number of halogens is 1.